The molecule has 0 atom stereocenters. The zero-order valence-corrected chi connectivity index (χ0v) is 18.3. The smallest absolute Gasteiger partial charge is 0.227 e. The second-order valence-electron chi connectivity index (χ2n) is 7.14. The molecule has 2 aromatic carbocycles. The van der Waals surface area contributed by atoms with E-state index in [9.17, 15) is 4.79 Å². The number of hydrogen-bond donors (Lipinski definition) is 1. The minimum absolute atomic E-state index is 0.147. The van der Waals surface area contributed by atoms with Gasteiger partial charge in [0.15, 0.2) is 5.13 Å². The molecule has 158 valence electrons. The molecule has 0 bridgehead atoms. The van der Waals surface area contributed by atoms with Crippen molar-refractivity contribution in [1.29, 1.82) is 0 Å². The maximum Gasteiger partial charge on any atom is 0.227 e. The molecule has 0 unspecified atom stereocenters. The molecule has 0 radical (unpaired) electrons. The molecule has 8 heteroatoms. The summed E-state index contributed by atoms with van der Waals surface area (Å²) < 4.78 is 10.4. The predicted octanol–water partition coefficient (Wildman–Crippen LogP) is 5.06. The van der Waals surface area contributed by atoms with Gasteiger partial charge in [0.1, 0.15) is 5.75 Å². The Morgan fingerprint density at radius 1 is 1.13 bits per heavy atom. The van der Waals surface area contributed by atoms with Crippen molar-refractivity contribution in [2.45, 2.75) is 26.7 Å². The Kier molecular flexibility index (Phi) is 6.08. The van der Waals surface area contributed by atoms with Gasteiger partial charge in [-0.15, -0.1) is 11.3 Å². The highest BCUT2D eigenvalue weighted by Gasteiger charge is 2.13. The molecule has 4 rings (SSSR count). The molecule has 0 spiro atoms. The van der Waals surface area contributed by atoms with E-state index >= 15 is 0 Å². The molecule has 4 aromatic rings. The summed E-state index contributed by atoms with van der Waals surface area (Å²) in [4.78, 5) is 21.3. The summed E-state index contributed by atoms with van der Waals surface area (Å²) in [5.74, 6) is 1.51. The van der Waals surface area contributed by atoms with Crippen molar-refractivity contribution in [2.75, 3.05) is 12.4 Å². The van der Waals surface area contributed by atoms with Gasteiger partial charge in [-0.2, -0.15) is 4.98 Å². The van der Waals surface area contributed by atoms with Crippen molar-refractivity contribution < 1.29 is 14.1 Å². The summed E-state index contributed by atoms with van der Waals surface area (Å²) >= 11 is 1.41. The zero-order chi connectivity index (χ0) is 21.8. The first-order valence-electron chi connectivity index (χ1n) is 9.82. The number of aryl methyl sites for hydroxylation is 3. The lowest BCUT2D eigenvalue weighted by Gasteiger charge is -2.04. The van der Waals surface area contributed by atoms with Crippen LogP contribution in [0.4, 0.5) is 5.13 Å². The van der Waals surface area contributed by atoms with Gasteiger partial charge >= 0.3 is 0 Å². The number of aromatic nitrogens is 3. The van der Waals surface area contributed by atoms with Gasteiger partial charge in [-0.3, -0.25) is 4.79 Å². The van der Waals surface area contributed by atoms with Crippen LogP contribution in [0.5, 0.6) is 5.75 Å². The van der Waals surface area contributed by atoms with Crippen LogP contribution in [0.3, 0.4) is 0 Å². The number of hydrogen-bond acceptors (Lipinski definition) is 7. The van der Waals surface area contributed by atoms with Crippen molar-refractivity contribution in [2.24, 2.45) is 0 Å². The quantitative estimate of drug-likeness (QED) is 0.437. The van der Waals surface area contributed by atoms with E-state index < -0.39 is 0 Å². The number of anilines is 1. The van der Waals surface area contributed by atoms with E-state index in [4.69, 9.17) is 9.26 Å². The second-order valence-corrected chi connectivity index (χ2v) is 8.00. The number of carbonyl (C=O) groups is 1. The third kappa shape index (κ3) is 4.97. The Balaban J connectivity index is 1.34. The molecule has 0 aliphatic heterocycles. The molecule has 2 aromatic heterocycles. The number of thiazole rings is 1. The number of nitrogens with zero attached hydrogens (tertiary/aromatic N) is 3. The number of methoxy groups -OCH3 is 1. The lowest BCUT2D eigenvalue weighted by molar-refractivity contribution is -0.116. The van der Waals surface area contributed by atoms with Gasteiger partial charge in [0.05, 0.1) is 12.8 Å². The van der Waals surface area contributed by atoms with Crippen LogP contribution in [0.1, 0.15) is 23.4 Å². The van der Waals surface area contributed by atoms with Gasteiger partial charge in [0.2, 0.25) is 17.6 Å². The van der Waals surface area contributed by atoms with E-state index in [1.807, 2.05) is 29.6 Å². The lowest BCUT2D eigenvalue weighted by Crippen LogP contribution is -2.12. The van der Waals surface area contributed by atoms with E-state index in [0.29, 0.717) is 23.3 Å². The van der Waals surface area contributed by atoms with Crippen molar-refractivity contribution in [3.05, 3.63) is 64.9 Å². The van der Waals surface area contributed by atoms with E-state index in [1.165, 1.54) is 16.9 Å². The van der Waals surface area contributed by atoms with Gasteiger partial charge in [0.25, 0.3) is 0 Å². The molecule has 2 heterocycles. The summed E-state index contributed by atoms with van der Waals surface area (Å²) in [6.45, 7) is 4.10. The van der Waals surface area contributed by atoms with Gasteiger partial charge in [-0.25, -0.2) is 4.98 Å². The number of amides is 1. The third-order valence-corrected chi connectivity index (χ3v) is 5.56. The Morgan fingerprint density at radius 3 is 2.71 bits per heavy atom. The molecular formula is C23H22N4O3S. The molecule has 31 heavy (non-hydrogen) atoms. The average molecular weight is 435 g/mol. The van der Waals surface area contributed by atoms with Gasteiger partial charge in [-0.05, 0) is 49.7 Å². The van der Waals surface area contributed by atoms with Gasteiger partial charge in [-0.1, -0.05) is 22.9 Å². The maximum atomic E-state index is 12.4. The van der Waals surface area contributed by atoms with E-state index in [0.717, 1.165) is 28.1 Å². The largest absolute Gasteiger partial charge is 0.497 e. The fraction of sp³-hybridized carbons (Fsp3) is 0.217. The number of carbonyl (C=O) groups excluding carboxylic acids is 1. The zero-order valence-electron chi connectivity index (χ0n) is 17.5. The fourth-order valence-corrected chi connectivity index (χ4v) is 3.81. The number of nitrogens with one attached hydrogen (secondary N) is 1. The first-order valence-corrected chi connectivity index (χ1v) is 10.7. The van der Waals surface area contributed by atoms with Crippen molar-refractivity contribution in [3.63, 3.8) is 0 Å². The monoisotopic (exact) mass is 434 g/mol. The molecule has 0 aliphatic carbocycles. The minimum Gasteiger partial charge on any atom is -0.497 e. The van der Waals surface area contributed by atoms with E-state index in [2.05, 4.69) is 52.5 Å². The molecule has 0 fully saturated rings. The average Bonchev–Trinajstić information content (AvgIpc) is 3.44. The SMILES string of the molecule is COc1ccc(-c2noc(CCC(=O)Nc3nc(-c4cc(C)ccc4C)cs3)n2)cc1. The van der Waals surface area contributed by atoms with Crippen LogP contribution in [0.2, 0.25) is 0 Å². The second kappa shape index (κ2) is 9.09. The summed E-state index contributed by atoms with van der Waals surface area (Å²) in [6.07, 6.45) is 0.576. The fourth-order valence-electron chi connectivity index (χ4n) is 3.08. The Labute approximate surface area is 184 Å². The van der Waals surface area contributed by atoms with Crippen LogP contribution in [-0.2, 0) is 11.2 Å². The topological polar surface area (TPSA) is 90.1 Å². The number of benzene rings is 2. The van der Waals surface area contributed by atoms with Gasteiger partial charge < -0.3 is 14.6 Å². The first kappa shape index (κ1) is 20.7. The highest BCUT2D eigenvalue weighted by atomic mass is 32.1. The number of rotatable bonds is 7. The van der Waals surface area contributed by atoms with Crippen LogP contribution in [0.25, 0.3) is 22.6 Å². The molecule has 0 saturated carbocycles. The van der Waals surface area contributed by atoms with Gasteiger partial charge in [0, 0.05) is 29.3 Å². The summed E-state index contributed by atoms with van der Waals surface area (Å²) in [5, 5.41) is 9.37. The highest BCUT2D eigenvalue weighted by molar-refractivity contribution is 7.14. The normalized spacial score (nSPS) is 10.8. The summed E-state index contributed by atoms with van der Waals surface area (Å²) in [6, 6.07) is 13.6. The van der Waals surface area contributed by atoms with Crippen LogP contribution >= 0.6 is 11.3 Å². The van der Waals surface area contributed by atoms with Crippen LogP contribution < -0.4 is 10.1 Å². The lowest BCUT2D eigenvalue weighted by atomic mass is 10.0. The van der Waals surface area contributed by atoms with Crippen LogP contribution in [-0.4, -0.2) is 28.1 Å². The Bertz CT molecular complexity index is 1200. The molecule has 1 N–H and O–H groups in total. The van der Waals surface area contributed by atoms with E-state index in [1.54, 1.807) is 7.11 Å². The number of ether oxygens (including phenoxy) is 1. The van der Waals surface area contributed by atoms with Crippen molar-refractivity contribution in [3.8, 4) is 28.4 Å². The minimum atomic E-state index is -0.147. The summed E-state index contributed by atoms with van der Waals surface area (Å²) in [7, 11) is 1.61. The highest BCUT2D eigenvalue weighted by Crippen LogP contribution is 2.28. The third-order valence-electron chi connectivity index (χ3n) is 4.80. The predicted molar refractivity (Wildman–Crippen MR) is 120 cm³/mol. The van der Waals surface area contributed by atoms with Crippen molar-refractivity contribution in [1.82, 2.24) is 15.1 Å². The van der Waals surface area contributed by atoms with Crippen LogP contribution in [0, 0.1) is 13.8 Å². The molecular weight excluding hydrogens is 412 g/mol. The Hall–Kier alpha value is -3.52. The molecule has 1 amide bonds. The van der Waals surface area contributed by atoms with Crippen molar-refractivity contribution >= 4 is 22.4 Å². The van der Waals surface area contributed by atoms with E-state index in [-0.39, 0.29) is 12.3 Å². The standard InChI is InChI=1S/C23H22N4O3S/c1-14-4-5-15(2)18(12-14)19-13-31-23(24-19)25-20(28)10-11-21-26-22(27-30-21)16-6-8-17(29-3)9-7-16/h4-9,12-13H,10-11H2,1-3H3,(H,24,25,28). The maximum absolute atomic E-state index is 12.4. The molecule has 0 saturated heterocycles. The van der Waals surface area contributed by atoms with Crippen LogP contribution in [0.15, 0.2) is 52.4 Å². The molecule has 0 aliphatic rings. The first-order chi connectivity index (χ1) is 15.0. The summed E-state index contributed by atoms with van der Waals surface area (Å²) in [5.41, 5.74) is 5.09. The molecule has 7 nitrogen and oxygen atoms in total. The Morgan fingerprint density at radius 2 is 1.94 bits per heavy atom.